The second kappa shape index (κ2) is 8.49. The van der Waals surface area contributed by atoms with Crippen molar-refractivity contribution in [1.82, 2.24) is 9.55 Å². The average molecular weight is 398 g/mol. The Bertz CT molecular complexity index is 1020. The highest BCUT2D eigenvalue weighted by molar-refractivity contribution is 5.79. The van der Waals surface area contributed by atoms with Crippen LogP contribution in [0, 0.1) is 0 Å². The number of aliphatic hydroxyl groups excluding tert-OH is 2. The smallest absolute Gasteiger partial charge is 0.353 e. The predicted octanol–water partition coefficient (Wildman–Crippen LogP) is 3.03. The number of unbranched alkanes of at least 4 members (excludes halogenated alkanes) is 2. The Hall–Kier alpha value is -2.48. The van der Waals surface area contributed by atoms with Gasteiger partial charge in [0.2, 0.25) is 5.71 Å². The monoisotopic (exact) mass is 398 g/mol. The minimum Gasteiger partial charge on any atom is -0.437 e. The van der Waals surface area contributed by atoms with E-state index in [2.05, 4.69) is 24.0 Å². The van der Waals surface area contributed by atoms with E-state index >= 15 is 0 Å². The minimum atomic E-state index is -0.816. The fourth-order valence-corrected chi connectivity index (χ4v) is 3.74. The topological polar surface area (TPSA) is 97.7 Å². The van der Waals surface area contributed by atoms with Gasteiger partial charge >= 0.3 is 5.69 Å². The van der Waals surface area contributed by atoms with Crippen LogP contribution in [0.25, 0.3) is 22.4 Å². The Labute approximate surface area is 168 Å². The highest BCUT2D eigenvalue weighted by Crippen LogP contribution is 2.30. The molecule has 0 unspecified atom stereocenters. The number of hydrogen-bond acceptors (Lipinski definition) is 6. The summed E-state index contributed by atoms with van der Waals surface area (Å²) in [5, 5.41) is 19.9. The van der Waals surface area contributed by atoms with Crippen LogP contribution in [0.15, 0.2) is 45.7 Å². The highest BCUT2D eigenvalue weighted by atomic mass is 16.5. The predicted molar refractivity (Wildman–Crippen MR) is 109 cm³/mol. The molecule has 7 heteroatoms. The molecule has 1 fully saturated rings. The Kier molecular flexibility index (Phi) is 5.80. The van der Waals surface area contributed by atoms with Gasteiger partial charge in [-0.05, 0) is 24.5 Å². The van der Waals surface area contributed by atoms with Gasteiger partial charge in [-0.15, -0.1) is 0 Å². The highest BCUT2D eigenvalue weighted by Gasteiger charge is 2.35. The van der Waals surface area contributed by atoms with E-state index in [1.165, 1.54) is 29.4 Å². The third-order valence-corrected chi connectivity index (χ3v) is 5.44. The fraction of sp³-hybridized carbons (Fsp3) is 0.455. The van der Waals surface area contributed by atoms with Gasteiger partial charge in [0.15, 0.2) is 0 Å². The maximum atomic E-state index is 12.4. The number of aryl methyl sites for hydroxylation is 1. The third kappa shape index (κ3) is 4.12. The molecule has 0 amide bonds. The van der Waals surface area contributed by atoms with Crippen LogP contribution in [0.5, 0.6) is 0 Å². The number of benzene rings is 1. The zero-order valence-corrected chi connectivity index (χ0v) is 16.5. The van der Waals surface area contributed by atoms with Crippen molar-refractivity contribution in [1.29, 1.82) is 0 Å². The van der Waals surface area contributed by atoms with E-state index in [9.17, 15) is 15.0 Å². The fourth-order valence-electron chi connectivity index (χ4n) is 3.74. The molecule has 3 aromatic rings. The molecule has 1 aliphatic heterocycles. The first kappa shape index (κ1) is 19.8. The number of ether oxygens (including phenoxy) is 1. The summed E-state index contributed by atoms with van der Waals surface area (Å²) in [5.74, 6) is 0.644. The first-order valence-corrected chi connectivity index (χ1v) is 10.2. The molecule has 1 aromatic carbocycles. The lowest BCUT2D eigenvalue weighted by Crippen LogP contribution is -2.27. The molecule has 154 valence electrons. The van der Waals surface area contributed by atoms with E-state index in [-0.39, 0.29) is 18.7 Å². The van der Waals surface area contributed by atoms with Gasteiger partial charge in [0.05, 0.1) is 18.1 Å². The van der Waals surface area contributed by atoms with E-state index in [1.807, 2.05) is 18.2 Å². The largest absolute Gasteiger partial charge is 0.437 e. The molecule has 4 rings (SSSR count). The molecule has 0 spiro atoms. The summed E-state index contributed by atoms with van der Waals surface area (Å²) >= 11 is 0. The van der Waals surface area contributed by atoms with Crippen LogP contribution in [0.4, 0.5) is 0 Å². The maximum Gasteiger partial charge on any atom is 0.353 e. The van der Waals surface area contributed by atoms with Crippen LogP contribution < -0.4 is 5.69 Å². The Morgan fingerprint density at radius 1 is 1.24 bits per heavy atom. The number of fused-ring (bicyclic) bond motifs is 1. The van der Waals surface area contributed by atoms with Crippen molar-refractivity contribution in [3.8, 4) is 11.3 Å². The molecule has 2 aromatic heterocycles. The lowest BCUT2D eigenvalue weighted by Gasteiger charge is -2.13. The van der Waals surface area contributed by atoms with E-state index in [0.29, 0.717) is 11.1 Å². The molecule has 0 radical (unpaired) electrons. The molecule has 1 aliphatic rings. The number of aromatic nitrogens is 2. The summed E-state index contributed by atoms with van der Waals surface area (Å²) in [5.41, 5.74) is 1.98. The summed E-state index contributed by atoms with van der Waals surface area (Å²) in [7, 11) is 0. The minimum absolute atomic E-state index is 0.225. The number of rotatable bonds is 7. The van der Waals surface area contributed by atoms with E-state index in [0.717, 1.165) is 12.0 Å². The molecular weight excluding hydrogens is 372 g/mol. The third-order valence-electron chi connectivity index (χ3n) is 5.44. The zero-order valence-electron chi connectivity index (χ0n) is 16.5. The van der Waals surface area contributed by atoms with Crippen LogP contribution >= 0.6 is 0 Å². The van der Waals surface area contributed by atoms with Gasteiger partial charge in [-0.25, -0.2) is 4.79 Å². The number of furan rings is 1. The molecule has 3 heterocycles. The lowest BCUT2D eigenvalue weighted by molar-refractivity contribution is -0.0457. The Morgan fingerprint density at radius 2 is 2.03 bits per heavy atom. The van der Waals surface area contributed by atoms with Gasteiger partial charge in [0.25, 0.3) is 0 Å². The van der Waals surface area contributed by atoms with Crippen molar-refractivity contribution in [3.05, 3.63) is 52.6 Å². The quantitative estimate of drug-likeness (QED) is 0.594. The number of aliphatic hydroxyl groups is 2. The Balaban J connectivity index is 1.58. The van der Waals surface area contributed by atoms with Crippen molar-refractivity contribution in [2.24, 2.45) is 0 Å². The van der Waals surface area contributed by atoms with E-state index < -0.39 is 24.1 Å². The molecule has 0 bridgehead atoms. The molecule has 7 nitrogen and oxygen atoms in total. The van der Waals surface area contributed by atoms with Crippen LogP contribution in [-0.2, 0) is 11.2 Å². The van der Waals surface area contributed by atoms with Crippen LogP contribution in [0.2, 0.25) is 0 Å². The molecule has 0 saturated carbocycles. The zero-order chi connectivity index (χ0) is 20.4. The van der Waals surface area contributed by atoms with Crippen molar-refractivity contribution in [2.75, 3.05) is 6.61 Å². The number of nitrogens with zero attached hydrogens (tertiary/aromatic N) is 2. The molecule has 2 N–H and O–H groups in total. The van der Waals surface area contributed by atoms with Gasteiger partial charge in [-0.3, -0.25) is 4.57 Å². The Morgan fingerprint density at radius 3 is 2.72 bits per heavy atom. The first-order chi connectivity index (χ1) is 14.1. The molecule has 3 atom stereocenters. The van der Waals surface area contributed by atoms with Crippen molar-refractivity contribution < 1.29 is 19.4 Å². The SMILES string of the molecule is CCCCCc1ccc(-c2cc3cn([C@H]4C[C@H](O)[C@@H](CO)O4)c(=O)nc3o2)cc1. The normalized spacial score (nSPS) is 21.8. The van der Waals surface area contributed by atoms with Gasteiger partial charge < -0.3 is 19.4 Å². The van der Waals surface area contributed by atoms with Crippen molar-refractivity contribution in [3.63, 3.8) is 0 Å². The van der Waals surface area contributed by atoms with Crippen LogP contribution in [0.3, 0.4) is 0 Å². The van der Waals surface area contributed by atoms with Gasteiger partial charge in [0.1, 0.15) is 18.1 Å². The summed E-state index contributed by atoms with van der Waals surface area (Å²) in [4.78, 5) is 16.4. The molecule has 0 aliphatic carbocycles. The van der Waals surface area contributed by atoms with E-state index in [1.54, 1.807) is 6.20 Å². The standard InChI is InChI=1S/C22H26N2O5/c1-2-3-4-5-14-6-8-15(9-7-14)18-10-16-12-24(22(27)23-21(16)29-18)20-11-17(26)19(13-25)28-20/h6-10,12,17,19-20,25-26H,2-5,11,13H2,1H3/t17-,19+,20+/m0/s1. The summed E-state index contributed by atoms with van der Waals surface area (Å²) in [6.07, 6.45) is 4.38. The number of hydrogen-bond donors (Lipinski definition) is 2. The van der Waals surface area contributed by atoms with Gasteiger partial charge in [-0.2, -0.15) is 4.98 Å². The van der Waals surface area contributed by atoms with Crippen molar-refractivity contribution in [2.45, 2.75) is 57.5 Å². The second-order valence-corrected chi connectivity index (χ2v) is 7.57. The molecule has 1 saturated heterocycles. The van der Waals surface area contributed by atoms with Gasteiger partial charge in [-0.1, -0.05) is 44.0 Å². The lowest BCUT2D eigenvalue weighted by atomic mass is 10.0. The molecule has 29 heavy (non-hydrogen) atoms. The second-order valence-electron chi connectivity index (χ2n) is 7.57. The van der Waals surface area contributed by atoms with Crippen LogP contribution in [-0.4, -0.2) is 38.6 Å². The maximum absolute atomic E-state index is 12.4. The van der Waals surface area contributed by atoms with Crippen molar-refractivity contribution >= 4 is 11.1 Å². The van der Waals surface area contributed by atoms with Gasteiger partial charge in [0, 0.05) is 18.2 Å². The average Bonchev–Trinajstić information content (AvgIpc) is 3.30. The summed E-state index contributed by atoms with van der Waals surface area (Å²) < 4.78 is 12.7. The van der Waals surface area contributed by atoms with E-state index in [4.69, 9.17) is 9.15 Å². The summed E-state index contributed by atoms with van der Waals surface area (Å²) in [6, 6.07) is 10.1. The van der Waals surface area contributed by atoms with Crippen LogP contribution in [0.1, 0.15) is 44.4 Å². The molecular formula is C22H26N2O5. The summed E-state index contributed by atoms with van der Waals surface area (Å²) in [6.45, 7) is 1.90. The first-order valence-electron chi connectivity index (χ1n) is 10.2.